The van der Waals surface area contributed by atoms with Crippen molar-refractivity contribution < 1.29 is 66.7 Å². The molecule has 0 amide bonds. The second kappa shape index (κ2) is 25.5. The van der Waals surface area contributed by atoms with Crippen molar-refractivity contribution >= 4 is 43.5 Å². The van der Waals surface area contributed by atoms with E-state index < -0.39 is 43.5 Å². The first kappa shape index (κ1) is 46.5. The van der Waals surface area contributed by atoms with Crippen LogP contribution in [0.3, 0.4) is 0 Å². The smallest absolute Gasteiger partial charge is 0.377 e. The van der Waals surface area contributed by atoms with Crippen molar-refractivity contribution in [3.05, 3.63) is 0 Å². The Balaban J connectivity index is 5.70. The first-order chi connectivity index (χ1) is 22.0. The number of hydrogen-bond acceptors (Lipinski definition) is 15. The minimum Gasteiger partial charge on any atom is -0.377 e. The van der Waals surface area contributed by atoms with Crippen molar-refractivity contribution in [1.29, 1.82) is 0 Å². The predicted octanol–water partition coefficient (Wildman–Crippen LogP) is 4.78. The van der Waals surface area contributed by atoms with Crippen LogP contribution in [0.15, 0.2) is 0 Å². The zero-order chi connectivity index (χ0) is 35.1. The Morgan fingerprint density at radius 3 is 0.696 bits per heavy atom. The molecule has 0 fully saturated rings. The van der Waals surface area contributed by atoms with Crippen molar-refractivity contribution in [1.82, 2.24) is 0 Å². The van der Waals surface area contributed by atoms with Crippen LogP contribution in [0.25, 0.3) is 0 Å². The molecule has 0 saturated heterocycles. The Kier molecular flexibility index (Phi) is 25.8. The molecule has 46 heavy (non-hydrogen) atoms. The second-order valence-corrected chi connectivity index (χ2v) is 23.8. The first-order valence-corrected chi connectivity index (χ1v) is 24.4. The van der Waals surface area contributed by atoms with Gasteiger partial charge in [0.05, 0.1) is 12.2 Å². The monoisotopic (exact) mass is 758 g/mol. The highest BCUT2D eigenvalue weighted by Gasteiger charge is 2.40. The summed E-state index contributed by atoms with van der Waals surface area (Å²) in [7, 11) is 5.03. The van der Waals surface area contributed by atoms with Crippen LogP contribution in [0.2, 0.25) is 24.2 Å². The van der Waals surface area contributed by atoms with E-state index in [0.29, 0.717) is 75.5 Å². The van der Waals surface area contributed by atoms with Gasteiger partial charge >= 0.3 is 43.5 Å². The van der Waals surface area contributed by atoms with Gasteiger partial charge in [0, 0.05) is 109 Å². The minimum atomic E-state index is -2.89. The molecule has 20 heteroatoms. The molecular formula is C26H63O15PSi4. The summed E-state index contributed by atoms with van der Waals surface area (Å²) in [4.78, 5) is 0. The summed E-state index contributed by atoms with van der Waals surface area (Å²) in [5.74, 6) is 0. The van der Waals surface area contributed by atoms with Gasteiger partial charge in [-0.2, -0.15) is 0 Å². The summed E-state index contributed by atoms with van der Waals surface area (Å²) >= 11 is 0. The molecule has 0 aromatic heterocycles. The molecule has 0 aliphatic carbocycles. The van der Waals surface area contributed by atoms with Gasteiger partial charge in [-0.05, 0) is 51.4 Å². The first-order valence-electron chi connectivity index (χ1n) is 15.5. The fraction of sp³-hybridized carbons (Fsp3) is 1.00. The molecule has 0 atom stereocenters. The Labute approximate surface area is 282 Å². The Bertz CT molecular complexity index is 631. The zero-order valence-corrected chi connectivity index (χ0v) is 35.3. The SMILES string of the molecule is CO[Si](CCCC(CCC[Si](OC)(OC)OC)O[PH](=O)OC(CCC[Si](OC)(OC)OC)CCC[Si](OC)(OC)OC)(OC)OC. The molecular weight excluding hydrogens is 696 g/mol. The number of rotatable bonds is 32. The Hall–Kier alpha value is 0.538. The van der Waals surface area contributed by atoms with Crippen molar-refractivity contribution in [2.24, 2.45) is 0 Å². The van der Waals surface area contributed by atoms with E-state index in [1.54, 1.807) is 85.3 Å². The highest BCUT2D eigenvalue weighted by molar-refractivity contribution is 7.33. The third-order valence-electron chi connectivity index (χ3n) is 8.29. The van der Waals surface area contributed by atoms with E-state index in [1.165, 1.54) is 0 Å². The molecule has 0 bridgehead atoms. The van der Waals surface area contributed by atoms with Crippen molar-refractivity contribution in [2.75, 3.05) is 85.3 Å². The molecule has 0 N–H and O–H groups in total. The molecule has 0 aliphatic rings. The maximum absolute atomic E-state index is 13.5. The topological polar surface area (TPSA) is 146 Å². The van der Waals surface area contributed by atoms with Crippen LogP contribution in [0.1, 0.15) is 51.4 Å². The summed E-state index contributed by atoms with van der Waals surface area (Å²) in [6.07, 6.45) is 4.43. The van der Waals surface area contributed by atoms with Gasteiger partial charge in [-0.25, -0.2) is 0 Å². The molecule has 0 radical (unpaired) electrons. The maximum Gasteiger partial charge on any atom is 0.500 e. The minimum absolute atomic E-state index is 0.354. The summed E-state index contributed by atoms with van der Waals surface area (Å²) < 4.78 is 92.6. The highest BCUT2D eigenvalue weighted by atomic mass is 31.1. The van der Waals surface area contributed by atoms with Crippen LogP contribution >= 0.6 is 8.25 Å². The fourth-order valence-electron chi connectivity index (χ4n) is 5.23. The van der Waals surface area contributed by atoms with Crippen LogP contribution in [-0.4, -0.2) is 133 Å². The van der Waals surface area contributed by atoms with Gasteiger partial charge in [0.15, 0.2) is 0 Å². The molecule has 15 nitrogen and oxygen atoms in total. The lowest BCUT2D eigenvalue weighted by molar-refractivity contribution is 0.0979. The third kappa shape index (κ3) is 16.0. The van der Waals surface area contributed by atoms with Crippen LogP contribution < -0.4 is 0 Å². The lowest BCUT2D eigenvalue weighted by atomic mass is 10.1. The molecule has 0 unspecified atom stereocenters. The van der Waals surface area contributed by atoms with Crippen molar-refractivity contribution in [3.63, 3.8) is 0 Å². The Morgan fingerprint density at radius 1 is 0.370 bits per heavy atom. The molecule has 0 heterocycles. The lowest BCUT2D eigenvalue weighted by Gasteiger charge is -2.28. The molecule has 0 aromatic carbocycles. The van der Waals surface area contributed by atoms with E-state index in [1.807, 2.05) is 0 Å². The summed E-state index contributed by atoms with van der Waals surface area (Å²) in [6, 6.07) is 2.34. The van der Waals surface area contributed by atoms with E-state index in [2.05, 4.69) is 0 Å². The van der Waals surface area contributed by atoms with Crippen molar-refractivity contribution in [2.45, 2.75) is 87.8 Å². The maximum atomic E-state index is 13.5. The van der Waals surface area contributed by atoms with Gasteiger partial charge in [-0.15, -0.1) is 0 Å². The van der Waals surface area contributed by atoms with E-state index in [-0.39, 0.29) is 12.2 Å². The lowest BCUT2D eigenvalue weighted by Crippen LogP contribution is -2.43. The normalized spacial score (nSPS) is 13.5. The van der Waals surface area contributed by atoms with Gasteiger partial charge in [-0.3, -0.25) is 4.57 Å². The number of hydrogen-bond donors (Lipinski definition) is 0. The standard InChI is InChI=1S/C26H63O15PSi4/c1-28-43(29-2,30-3)21-13-17-25(18-14-22-44(31-4,32-5)33-6)40-42(27)41-26(19-15-23-45(34-7,35-8)36-9)20-16-24-46(37-10,38-11)39-12/h25-26,42H,13-24H2,1-12H3. The zero-order valence-electron chi connectivity index (χ0n) is 30.3. The molecule has 0 rings (SSSR count). The highest BCUT2D eigenvalue weighted by Crippen LogP contribution is 2.36. The molecule has 0 spiro atoms. The third-order valence-corrected chi connectivity index (χ3v) is 20.7. The molecule has 0 aromatic rings. The van der Waals surface area contributed by atoms with Gasteiger partial charge in [-0.1, -0.05) is 0 Å². The van der Waals surface area contributed by atoms with Crippen LogP contribution in [0, 0.1) is 0 Å². The average molecular weight is 759 g/mol. The van der Waals surface area contributed by atoms with Crippen molar-refractivity contribution in [3.8, 4) is 0 Å². The largest absolute Gasteiger partial charge is 0.500 e. The summed E-state index contributed by atoms with van der Waals surface area (Å²) in [6.45, 7) is 0. The van der Waals surface area contributed by atoms with Crippen LogP contribution in [-0.2, 0) is 66.7 Å². The van der Waals surface area contributed by atoms with Gasteiger partial charge in [0.25, 0.3) is 0 Å². The van der Waals surface area contributed by atoms with Gasteiger partial charge < -0.3 is 62.2 Å². The van der Waals surface area contributed by atoms with Gasteiger partial charge in [0.1, 0.15) is 0 Å². The van der Waals surface area contributed by atoms with Gasteiger partial charge in [0.2, 0.25) is 0 Å². The quantitative estimate of drug-likeness (QED) is 0.0685. The molecule has 0 aliphatic heterocycles. The van der Waals surface area contributed by atoms with E-state index in [4.69, 9.17) is 62.2 Å². The average Bonchev–Trinajstić information content (AvgIpc) is 3.09. The molecule has 278 valence electrons. The summed E-state index contributed by atoms with van der Waals surface area (Å²) in [5.41, 5.74) is 0. The molecule has 0 saturated carbocycles. The summed E-state index contributed by atoms with van der Waals surface area (Å²) in [5, 5.41) is 0. The van der Waals surface area contributed by atoms with Crippen LogP contribution in [0.5, 0.6) is 0 Å². The van der Waals surface area contributed by atoms with E-state index >= 15 is 0 Å². The Morgan fingerprint density at radius 2 is 0.543 bits per heavy atom. The van der Waals surface area contributed by atoms with E-state index in [0.717, 1.165) is 0 Å². The van der Waals surface area contributed by atoms with E-state index in [9.17, 15) is 4.57 Å². The fourth-order valence-corrected chi connectivity index (χ4v) is 13.3. The van der Waals surface area contributed by atoms with Crippen LogP contribution in [0.4, 0.5) is 0 Å². The second-order valence-electron chi connectivity index (χ2n) is 10.5. The predicted molar refractivity (Wildman–Crippen MR) is 182 cm³/mol.